The number of furan rings is 1. The lowest BCUT2D eigenvalue weighted by atomic mass is 9.77. The fourth-order valence-electron chi connectivity index (χ4n) is 4.12. The number of rotatable bonds is 6. The molecule has 0 unspecified atom stereocenters. The molecule has 3 heterocycles. The Morgan fingerprint density at radius 2 is 2.06 bits per heavy atom. The van der Waals surface area contributed by atoms with Crippen molar-refractivity contribution >= 4 is 35.6 Å². The number of hydrazine groups is 1. The lowest BCUT2D eigenvalue weighted by Gasteiger charge is -2.33. The van der Waals surface area contributed by atoms with Crippen LogP contribution >= 0.6 is 11.8 Å². The molecule has 2 fully saturated rings. The highest BCUT2D eigenvalue weighted by Crippen LogP contribution is 2.35. The first kappa shape index (κ1) is 23.7. The van der Waals surface area contributed by atoms with Crippen LogP contribution in [-0.2, 0) is 14.3 Å². The molecule has 180 valence electrons. The molecule has 4 amide bonds. The summed E-state index contributed by atoms with van der Waals surface area (Å²) in [7, 11) is 0. The summed E-state index contributed by atoms with van der Waals surface area (Å²) in [5.74, 6) is -0.841. The molecule has 1 saturated heterocycles. The van der Waals surface area contributed by atoms with E-state index in [1.807, 2.05) is 0 Å². The SMILES string of the molecule is CSc1nc(-c2ccco2)nc(C)c1C(=O)OCC(=O)NN1C(=O)NC2(CCC(C)CC2)C1=O. The molecule has 0 bridgehead atoms. The van der Waals surface area contributed by atoms with E-state index < -0.39 is 36.0 Å². The fourth-order valence-corrected chi connectivity index (χ4v) is 4.73. The second kappa shape index (κ2) is 9.45. The molecule has 2 N–H and O–H groups in total. The molecule has 0 atom stereocenters. The molecule has 2 aromatic heterocycles. The smallest absolute Gasteiger partial charge is 0.344 e. The second-order valence-corrected chi connectivity index (χ2v) is 9.24. The third-order valence-electron chi connectivity index (χ3n) is 6.06. The van der Waals surface area contributed by atoms with Crippen molar-refractivity contribution in [1.82, 2.24) is 25.7 Å². The van der Waals surface area contributed by atoms with Crippen molar-refractivity contribution in [2.24, 2.45) is 5.92 Å². The Hall–Kier alpha value is -3.41. The van der Waals surface area contributed by atoms with E-state index in [1.165, 1.54) is 18.0 Å². The number of hydrogen-bond acceptors (Lipinski definition) is 9. The summed E-state index contributed by atoms with van der Waals surface area (Å²) >= 11 is 1.22. The van der Waals surface area contributed by atoms with E-state index in [0.29, 0.717) is 46.1 Å². The summed E-state index contributed by atoms with van der Waals surface area (Å²) in [6.45, 7) is 3.04. The Bertz CT molecular complexity index is 1130. The summed E-state index contributed by atoms with van der Waals surface area (Å²) in [5.41, 5.74) is 1.75. The van der Waals surface area contributed by atoms with Crippen LogP contribution in [0.4, 0.5) is 4.79 Å². The maximum absolute atomic E-state index is 12.8. The van der Waals surface area contributed by atoms with E-state index in [1.54, 1.807) is 25.3 Å². The van der Waals surface area contributed by atoms with Crippen LogP contribution in [0.2, 0.25) is 0 Å². The molecule has 12 heteroatoms. The van der Waals surface area contributed by atoms with Gasteiger partial charge in [-0.3, -0.25) is 15.0 Å². The van der Waals surface area contributed by atoms with Gasteiger partial charge in [0.2, 0.25) is 0 Å². The van der Waals surface area contributed by atoms with E-state index in [2.05, 4.69) is 27.6 Å². The summed E-state index contributed by atoms with van der Waals surface area (Å²) in [6, 6.07) is 2.71. The number of hydrogen-bond donors (Lipinski definition) is 2. The zero-order chi connectivity index (χ0) is 24.5. The van der Waals surface area contributed by atoms with Gasteiger partial charge in [0.25, 0.3) is 11.8 Å². The van der Waals surface area contributed by atoms with Gasteiger partial charge in [-0.1, -0.05) is 6.92 Å². The number of nitrogens with one attached hydrogen (secondary N) is 2. The number of urea groups is 1. The first-order valence-corrected chi connectivity index (χ1v) is 12.1. The van der Waals surface area contributed by atoms with Crippen LogP contribution in [0, 0.1) is 12.8 Å². The number of imide groups is 1. The molecular weight excluding hydrogens is 462 g/mol. The predicted molar refractivity (Wildman–Crippen MR) is 120 cm³/mol. The number of amides is 4. The molecule has 4 rings (SSSR count). The first-order valence-electron chi connectivity index (χ1n) is 10.8. The van der Waals surface area contributed by atoms with Crippen LogP contribution in [0.5, 0.6) is 0 Å². The van der Waals surface area contributed by atoms with E-state index in [4.69, 9.17) is 9.15 Å². The maximum atomic E-state index is 12.8. The average molecular weight is 488 g/mol. The highest BCUT2D eigenvalue weighted by atomic mass is 32.2. The summed E-state index contributed by atoms with van der Waals surface area (Å²) in [5, 5.41) is 3.75. The van der Waals surface area contributed by atoms with Crippen LogP contribution in [-0.4, -0.2) is 57.2 Å². The van der Waals surface area contributed by atoms with Gasteiger partial charge >= 0.3 is 12.0 Å². The van der Waals surface area contributed by atoms with Gasteiger partial charge in [-0.25, -0.2) is 19.6 Å². The molecule has 0 radical (unpaired) electrons. The highest BCUT2D eigenvalue weighted by molar-refractivity contribution is 7.98. The van der Waals surface area contributed by atoms with Crippen LogP contribution < -0.4 is 10.7 Å². The standard InChI is InChI=1S/C22H25N5O6S/c1-12-6-8-22(9-7-12)20(30)27(21(31)25-22)26-15(28)11-33-19(29)16-13(2)23-17(24-18(16)34-3)14-5-4-10-32-14/h4-5,10,12H,6-9,11H2,1-3H3,(H,25,31)(H,26,28). The van der Waals surface area contributed by atoms with Crippen LogP contribution in [0.1, 0.15) is 48.7 Å². The fraction of sp³-hybridized carbons (Fsp3) is 0.455. The molecule has 1 aliphatic heterocycles. The van der Waals surface area contributed by atoms with E-state index in [9.17, 15) is 19.2 Å². The normalized spacial score (nSPS) is 22.1. The topological polar surface area (TPSA) is 144 Å². The molecule has 1 saturated carbocycles. The summed E-state index contributed by atoms with van der Waals surface area (Å²) < 4.78 is 10.5. The predicted octanol–water partition coefficient (Wildman–Crippen LogP) is 2.46. The van der Waals surface area contributed by atoms with Gasteiger partial charge in [-0.2, -0.15) is 5.01 Å². The average Bonchev–Trinajstić information content (AvgIpc) is 3.43. The molecule has 1 aliphatic carbocycles. The largest absolute Gasteiger partial charge is 0.461 e. The number of aromatic nitrogens is 2. The van der Waals surface area contributed by atoms with Crippen LogP contribution in [0.3, 0.4) is 0 Å². The zero-order valence-corrected chi connectivity index (χ0v) is 19.9. The van der Waals surface area contributed by atoms with Crippen molar-refractivity contribution in [3.8, 4) is 11.6 Å². The van der Waals surface area contributed by atoms with Crippen molar-refractivity contribution in [3.63, 3.8) is 0 Å². The molecule has 2 aliphatic rings. The molecular formula is C22H25N5O6S. The maximum Gasteiger partial charge on any atom is 0.344 e. The number of carbonyl (C=O) groups excluding carboxylic acids is 4. The van der Waals surface area contributed by atoms with Gasteiger partial charge in [0.15, 0.2) is 18.2 Å². The van der Waals surface area contributed by atoms with E-state index in [-0.39, 0.29) is 5.56 Å². The number of aryl methyl sites for hydroxylation is 1. The second-order valence-electron chi connectivity index (χ2n) is 8.44. The van der Waals surface area contributed by atoms with Gasteiger partial charge in [-0.05, 0) is 56.9 Å². The highest BCUT2D eigenvalue weighted by Gasteiger charge is 2.52. The number of ether oxygens (including phenoxy) is 1. The van der Waals surface area contributed by atoms with Gasteiger partial charge in [-0.15, -0.1) is 11.8 Å². The van der Waals surface area contributed by atoms with Gasteiger partial charge in [0.1, 0.15) is 16.1 Å². The van der Waals surface area contributed by atoms with E-state index >= 15 is 0 Å². The lowest BCUT2D eigenvalue weighted by molar-refractivity contribution is -0.141. The van der Waals surface area contributed by atoms with E-state index in [0.717, 1.165) is 12.8 Å². The number of nitrogens with zero attached hydrogens (tertiary/aromatic N) is 3. The Balaban J connectivity index is 1.39. The van der Waals surface area contributed by atoms with Gasteiger partial charge < -0.3 is 14.5 Å². The first-order chi connectivity index (χ1) is 16.2. The van der Waals surface area contributed by atoms with Crippen LogP contribution in [0.15, 0.2) is 27.8 Å². The van der Waals surface area contributed by atoms with Gasteiger partial charge in [0.05, 0.1) is 12.0 Å². The van der Waals surface area contributed by atoms with Crippen molar-refractivity contribution in [2.45, 2.75) is 50.1 Å². The Morgan fingerprint density at radius 3 is 2.71 bits per heavy atom. The van der Waals surface area contributed by atoms with Crippen molar-refractivity contribution < 1.29 is 28.3 Å². The van der Waals surface area contributed by atoms with Crippen molar-refractivity contribution in [2.75, 3.05) is 12.9 Å². The number of carbonyl (C=O) groups is 4. The quantitative estimate of drug-likeness (QED) is 0.272. The molecule has 2 aromatic rings. The lowest BCUT2D eigenvalue weighted by Crippen LogP contribution is -2.52. The summed E-state index contributed by atoms with van der Waals surface area (Å²) in [6.07, 6.45) is 5.90. The minimum atomic E-state index is -0.981. The third kappa shape index (κ3) is 4.49. The minimum Gasteiger partial charge on any atom is -0.461 e. The Morgan fingerprint density at radius 1 is 1.32 bits per heavy atom. The van der Waals surface area contributed by atoms with Crippen molar-refractivity contribution in [3.05, 3.63) is 29.7 Å². The number of thioether (sulfide) groups is 1. The Labute approximate surface area is 200 Å². The molecule has 1 spiro atoms. The van der Waals surface area contributed by atoms with Crippen molar-refractivity contribution in [1.29, 1.82) is 0 Å². The molecule has 0 aromatic carbocycles. The molecule has 11 nitrogen and oxygen atoms in total. The van der Waals surface area contributed by atoms with Crippen LogP contribution in [0.25, 0.3) is 11.6 Å². The minimum absolute atomic E-state index is 0.126. The summed E-state index contributed by atoms with van der Waals surface area (Å²) in [4.78, 5) is 58.9. The Kier molecular flexibility index (Phi) is 6.60. The number of esters is 1. The molecule has 34 heavy (non-hydrogen) atoms. The third-order valence-corrected chi connectivity index (χ3v) is 6.74. The monoisotopic (exact) mass is 487 g/mol. The zero-order valence-electron chi connectivity index (χ0n) is 19.0. The van der Waals surface area contributed by atoms with Gasteiger partial charge in [0, 0.05) is 0 Å².